The minimum absolute atomic E-state index is 0.291. The van der Waals surface area contributed by atoms with Gasteiger partial charge in [-0.3, -0.25) is 14.5 Å². The van der Waals surface area contributed by atoms with Gasteiger partial charge in [0.25, 0.3) is 5.91 Å². The fraction of sp³-hybridized carbons (Fsp3) is 0.391. The number of hydrogen-bond donors (Lipinski definition) is 2. The minimum atomic E-state index is -0.966. The number of carbonyl (C=O) groups is 2. The number of likely N-dealkylation sites (tertiary alicyclic amines) is 1. The largest absolute Gasteiger partial charge is 0.350 e. The summed E-state index contributed by atoms with van der Waals surface area (Å²) >= 11 is 0. The third-order valence-electron chi connectivity index (χ3n) is 5.25. The zero-order valence-corrected chi connectivity index (χ0v) is 17.1. The second-order valence-electron chi connectivity index (χ2n) is 7.88. The molecule has 5 nitrogen and oxygen atoms in total. The molecule has 2 aromatic rings. The Bertz CT molecular complexity index is 887. The van der Waals surface area contributed by atoms with Crippen LogP contribution in [-0.4, -0.2) is 36.3 Å². The lowest BCUT2D eigenvalue weighted by Crippen LogP contribution is -2.37. The Labute approximate surface area is 175 Å². The van der Waals surface area contributed by atoms with E-state index in [1.54, 1.807) is 0 Å². The van der Waals surface area contributed by atoms with Crippen molar-refractivity contribution in [2.24, 2.45) is 5.92 Å². The van der Waals surface area contributed by atoms with E-state index in [9.17, 15) is 18.4 Å². The first-order valence-corrected chi connectivity index (χ1v) is 10.2. The van der Waals surface area contributed by atoms with Gasteiger partial charge in [0, 0.05) is 25.7 Å². The van der Waals surface area contributed by atoms with Gasteiger partial charge in [0.1, 0.15) is 11.6 Å². The molecule has 0 saturated carbocycles. The second-order valence-corrected chi connectivity index (χ2v) is 7.88. The van der Waals surface area contributed by atoms with Gasteiger partial charge in [-0.25, -0.2) is 8.78 Å². The highest BCUT2D eigenvalue weighted by atomic mass is 19.1. The first-order chi connectivity index (χ1) is 14.4. The predicted octanol–water partition coefficient (Wildman–Crippen LogP) is 3.24. The van der Waals surface area contributed by atoms with E-state index >= 15 is 0 Å². The molecule has 0 bridgehead atoms. The molecular weight excluding hydrogens is 388 g/mol. The fourth-order valence-electron chi connectivity index (χ4n) is 3.64. The SMILES string of the molecule is CC1CCCN(Cc2ccc(CNC(=O)CNC(=O)c3ccc(F)cc3F)cc2)C1. The van der Waals surface area contributed by atoms with Gasteiger partial charge in [0.05, 0.1) is 12.1 Å². The summed E-state index contributed by atoms with van der Waals surface area (Å²) in [5.74, 6) is -2.14. The Morgan fingerprint density at radius 2 is 1.80 bits per heavy atom. The van der Waals surface area contributed by atoms with Crippen LogP contribution in [0.25, 0.3) is 0 Å². The van der Waals surface area contributed by atoms with Crippen molar-refractivity contribution in [2.45, 2.75) is 32.9 Å². The number of rotatable bonds is 7. The van der Waals surface area contributed by atoms with Crippen molar-refractivity contribution in [2.75, 3.05) is 19.6 Å². The molecule has 3 rings (SSSR count). The smallest absolute Gasteiger partial charge is 0.254 e. The molecule has 1 saturated heterocycles. The highest BCUT2D eigenvalue weighted by Gasteiger charge is 2.16. The number of halogens is 2. The topological polar surface area (TPSA) is 61.4 Å². The van der Waals surface area contributed by atoms with Crippen LogP contribution in [-0.2, 0) is 17.9 Å². The van der Waals surface area contributed by atoms with Crippen molar-refractivity contribution < 1.29 is 18.4 Å². The van der Waals surface area contributed by atoms with Gasteiger partial charge in [-0.2, -0.15) is 0 Å². The Morgan fingerprint density at radius 3 is 2.50 bits per heavy atom. The first-order valence-electron chi connectivity index (χ1n) is 10.2. The van der Waals surface area contributed by atoms with Gasteiger partial charge in [-0.15, -0.1) is 0 Å². The quantitative estimate of drug-likeness (QED) is 0.730. The van der Waals surface area contributed by atoms with Crippen molar-refractivity contribution in [1.82, 2.24) is 15.5 Å². The molecule has 1 fully saturated rings. The number of nitrogens with zero attached hydrogens (tertiary/aromatic N) is 1. The van der Waals surface area contributed by atoms with E-state index in [0.29, 0.717) is 12.6 Å². The van der Waals surface area contributed by atoms with E-state index < -0.39 is 23.4 Å². The Morgan fingerprint density at radius 1 is 1.07 bits per heavy atom. The lowest BCUT2D eigenvalue weighted by atomic mass is 9.99. The fourth-order valence-corrected chi connectivity index (χ4v) is 3.64. The molecule has 30 heavy (non-hydrogen) atoms. The molecule has 1 aliphatic rings. The number of hydrogen-bond acceptors (Lipinski definition) is 3. The number of carbonyl (C=O) groups excluding carboxylic acids is 2. The van der Waals surface area contributed by atoms with Crippen molar-refractivity contribution in [1.29, 1.82) is 0 Å². The lowest BCUT2D eigenvalue weighted by Gasteiger charge is -2.30. The third-order valence-corrected chi connectivity index (χ3v) is 5.25. The van der Waals surface area contributed by atoms with Crippen LogP contribution in [0, 0.1) is 17.6 Å². The summed E-state index contributed by atoms with van der Waals surface area (Å²) in [6.45, 7) is 5.53. The van der Waals surface area contributed by atoms with Crippen LogP contribution in [0.1, 0.15) is 41.3 Å². The molecule has 1 atom stereocenters. The molecule has 0 spiro atoms. The van der Waals surface area contributed by atoms with Crippen LogP contribution >= 0.6 is 0 Å². The van der Waals surface area contributed by atoms with Crippen LogP contribution in [0.3, 0.4) is 0 Å². The lowest BCUT2D eigenvalue weighted by molar-refractivity contribution is -0.120. The van der Waals surface area contributed by atoms with E-state index in [4.69, 9.17) is 0 Å². The molecular formula is C23H27F2N3O2. The summed E-state index contributed by atoms with van der Waals surface area (Å²) in [6, 6.07) is 10.8. The van der Waals surface area contributed by atoms with E-state index in [2.05, 4.69) is 34.6 Å². The van der Waals surface area contributed by atoms with Crippen LogP contribution in [0.4, 0.5) is 8.78 Å². The summed E-state index contributed by atoms with van der Waals surface area (Å²) in [6.07, 6.45) is 2.55. The predicted molar refractivity (Wildman–Crippen MR) is 111 cm³/mol. The van der Waals surface area contributed by atoms with Crippen LogP contribution in [0.2, 0.25) is 0 Å². The van der Waals surface area contributed by atoms with Crippen molar-refractivity contribution in [3.8, 4) is 0 Å². The highest BCUT2D eigenvalue weighted by molar-refractivity contribution is 5.96. The monoisotopic (exact) mass is 415 g/mol. The Kier molecular flexibility index (Phi) is 7.52. The number of nitrogens with one attached hydrogen (secondary N) is 2. The maximum Gasteiger partial charge on any atom is 0.254 e. The Hall–Kier alpha value is -2.80. The minimum Gasteiger partial charge on any atom is -0.350 e. The highest BCUT2D eigenvalue weighted by Crippen LogP contribution is 2.18. The summed E-state index contributed by atoms with van der Waals surface area (Å²) in [5.41, 5.74) is 1.89. The van der Waals surface area contributed by atoms with Gasteiger partial charge in [-0.1, -0.05) is 31.2 Å². The summed E-state index contributed by atoms with van der Waals surface area (Å²) in [4.78, 5) is 26.4. The maximum atomic E-state index is 13.6. The zero-order valence-electron chi connectivity index (χ0n) is 17.1. The van der Waals surface area contributed by atoms with Crippen LogP contribution < -0.4 is 10.6 Å². The maximum absolute atomic E-state index is 13.6. The normalized spacial score (nSPS) is 16.8. The van der Waals surface area contributed by atoms with Crippen molar-refractivity contribution in [3.05, 3.63) is 70.8 Å². The van der Waals surface area contributed by atoms with E-state index in [1.165, 1.54) is 18.4 Å². The van der Waals surface area contributed by atoms with Gasteiger partial charge < -0.3 is 10.6 Å². The molecule has 2 aromatic carbocycles. The van der Waals surface area contributed by atoms with Crippen molar-refractivity contribution in [3.63, 3.8) is 0 Å². The van der Waals surface area contributed by atoms with E-state index in [0.717, 1.165) is 43.2 Å². The molecule has 2 amide bonds. The summed E-state index contributed by atoms with van der Waals surface area (Å²) < 4.78 is 26.5. The van der Waals surface area contributed by atoms with Gasteiger partial charge >= 0.3 is 0 Å². The van der Waals surface area contributed by atoms with E-state index in [-0.39, 0.29) is 12.1 Å². The van der Waals surface area contributed by atoms with Gasteiger partial charge in [0.2, 0.25) is 5.91 Å². The molecule has 2 N–H and O–H groups in total. The Balaban J connectivity index is 1.41. The molecule has 0 aromatic heterocycles. The standard InChI is InChI=1S/C23H27F2N3O2/c1-16-3-2-10-28(14-16)15-18-6-4-17(5-7-18)12-26-22(29)13-27-23(30)20-9-8-19(24)11-21(20)25/h4-9,11,16H,2-3,10,12-15H2,1H3,(H,26,29)(H,27,30). The second kappa shape index (κ2) is 10.3. The molecule has 7 heteroatoms. The molecule has 160 valence electrons. The molecule has 1 heterocycles. The number of benzene rings is 2. The summed E-state index contributed by atoms with van der Waals surface area (Å²) in [5, 5.41) is 5.05. The molecule has 0 aliphatic carbocycles. The van der Waals surface area contributed by atoms with Crippen LogP contribution in [0.15, 0.2) is 42.5 Å². The average Bonchev–Trinajstić information content (AvgIpc) is 2.71. The van der Waals surface area contributed by atoms with Gasteiger partial charge in [0.15, 0.2) is 0 Å². The van der Waals surface area contributed by atoms with Gasteiger partial charge in [-0.05, 0) is 48.6 Å². The third kappa shape index (κ3) is 6.35. The van der Waals surface area contributed by atoms with Crippen molar-refractivity contribution >= 4 is 11.8 Å². The van der Waals surface area contributed by atoms with Crippen LogP contribution in [0.5, 0.6) is 0 Å². The number of piperidine rings is 1. The number of amides is 2. The zero-order chi connectivity index (χ0) is 21.5. The first kappa shape index (κ1) is 21.9. The molecule has 1 aliphatic heterocycles. The summed E-state index contributed by atoms with van der Waals surface area (Å²) in [7, 11) is 0. The molecule has 0 radical (unpaired) electrons. The van der Waals surface area contributed by atoms with E-state index in [1.807, 2.05) is 12.1 Å². The molecule has 1 unspecified atom stereocenters. The average molecular weight is 415 g/mol.